The van der Waals surface area contributed by atoms with Gasteiger partial charge in [0.1, 0.15) is 11.6 Å². The van der Waals surface area contributed by atoms with Gasteiger partial charge in [0.25, 0.3) is 0 Å². The number of anilines is 1. The Balaban J connectivity index is 1.82. The minimum Gasteiger partial charge on any atom is -0.435 e. The topological polar surface area (TPSA) is 54.4 Å². The zero-order chi connectivity index (χ0) is 17.8. The molecular weight excluding hydrogens is 326 g/mol. The van der Waals surface area contributed by atoms with Gasteiger partial charge in [0.2, 0.25) is 0 Å². The summed E-state index contributed by atoms with van der Waals surface area (Å²) >= 11 is 0. The number of aliphatic hydroxyl groups excluding tert-OH is 1. The molecule has 0 saturated carbocycles. The minimum atomic E-state index is -2.84. The number of aliphatic hydroxyl groups is 1. The van der Waals surface area contributed by atoms with Crippen LogP contribution >= 0.6 is 0 Å². The fourth-order valence-corrected chi connectivity index (χ4v) is 2.63. The summed E-state index contributed by atoms with van der Waals surface area (Å²) in [5.41, 5.74) is 2.42. The quantitative estimate of drug-likeness (QED) is 0.691. The van der Waals surface area contributed by atoms with Crippen molar-refractivity contribution in [3.63, 3.8) is 0 Å². The van der Waals surface area contributed by atoms with E-state index >= 15 is 0 Å². The predicted octanol–water partition coefficient (Wildman–Crippen LogP) is 4.50. The molecule has 130 valence electrons. The predicted molar refractivity (Wildman–Crippen MR) is 92.8 cm³/mol. The summed E-state index contributed by atoms with van der Waals surface area (Å²) in [6.07, 6.45) is 0. The van der Waals surface area contributed by atoms with E-state index in [0.29, 0.717) is 11.4 Å². The van der Waals surface area contributed by atoms with Gasteiger partial charge in [0.05, 0.1) is 12.1 Å². The van der Waals surface area contributed by atoms with Crippen molar-refractivity contribution in [2.24, 2.45) is 0 Å². The number of pyridine rings is 1. The molecule has 6 heteroatoms. The fourth-order valence-electron chi connectivity index (χ4n) is 2.63. The molecule has 25 heavy (non-hydrogen) atoms. The molecule has 1 atom stereocenters. The number of hydrogen-bond donors (Lipinski definition) is 2. The monoisotopic (exact) mass is 344 g/mol. The van der Waals surface area contributed by atoms with Crippen molar-refractivity contribution in [2.45, 2.75) is 26.2 Å². The molecule has 3 rings (SSSR count). The largest absolute Gasteiger partial charge is 0.435 e. The summed E-state index contributed by atoms with van der Waals surface area (Å²) in [6, 6.07) is 15.9. The Morgan fingerprint density at radius 2 is 1.84 bits per heavy atom. The maximum Gasteiger partial charge on any atom is 0.387 e. The van der Waals surface area contributed by atoms with Crippen LogP contribution in [-0.2, 0) is 6.61 Å². The first-order chi connectivity index (χ1) is 12.1. The standard InChI is InChI=1S/C19H18F2N2O2/c1-12(13-6-8-16(9-7-13)25-19(20)21)22-18-15(11-24)10-14-4-2-3-5-17(14)23-18/h2-10,12,19,24H,11H2,1H3,(H,22,23). The fraction of sp³-hybridized carbons (Fsp3) is 0.211. The highest BCUT2D eigenvalue weighted by molar-refractivity contribution is 5.81. The summed E-state index contributed by atoms with van der Waals surface area (Å²) in [5, 5.41) is 13.8. The maximum absolute atomic E-state index is 12.2. The molecule has 0 saturated heterocycles. The first kappa shape index (κ1) is 17.1. The highest BCUT2D eigenvalue weighted by Crippen LogP contribution is 2.26. The Morgan fingerprint density at radius 1 is 1.12 bits per heavy atom. The first-order valence-electron chi connectivity index (χ1n) is 7.87. The number of ether oxygens (including phenoxy) is 1. The van der Waals surface area contributed by atoms with E-state index in [-0.39, 0.29) is 18.4 Å². The molecular formula is C19H18F2N2O2. The van der Waals surface area contributed by atoms with Gasteiger partial charge in [-0.3, -0.25) is 0 Å². The van der Waals surface area contributed by atoms with Crippen LogP contribution in [0.2, 0.25) is 0 Å². The van der Waals surface area contributed by atoms with Crippen molar-refractivity contribution in [2.75, 3.05) is 5.32 Å². The van der Waals surface area contributed by atoms with Gasteiger partial charge in [-0.1, -0.05) is 30.3 Å². The van der Waals surface area contributed by atoms with Crippen LogP contribution in [0.5, 0.6) is 5.75 Å². The van der Waals surface area contributed by atoms with Crippen LogP contribution in [0.1, 0.15) is 24.1 Å². The van der Waals surface area contributed by atoms with E-state index in [4.69, 9.17) is 0 Å². The zero-order valence-corrected chi connectivity index (χ0v) is 13.6. The van der Waals surface area contributed by atoms with Gasteiger partial charge in [0.15, 0.2) is 0 Å². The molecule has 0 amide bonds. The van der Waals surface area contributed by atoms with Crippen LogP contribution in [0.15, 0.2) is 54.6 Å². The van der Waals surface area contributed by atoms with E-state index < -0.39 is 6.61 Å². The van der Waals surface area contributed by atoms with Crippen LogP contribution < -0.4 is 10.1 Å². The van der Waals surface area contributed by atoms with Crippen LogP contribution in [-0.4, -0.2) is 16.7 Å². The summed E-state index contributed by atoms with van der Waals surface area (Å²) in [4.78, 5) is 4.57. The van der Waals surface area contributed by atoms with E-state index in [9.17, 15) is 13.9 Å². The molecule has 2 aromatic carbocycles. The number of rotatable bonds is 6. The smallest absolute Gasteiger partial charge is 0.387 e. The Bertz CT molecular complexity index is 854. The number of aromatic nitrogens is 1. The van der Waals surface area contributed by atoms with Crippen molar-refractivity contribution >= 4 is 16.7 Å². The number of nitrogens with zero attached hydrogens (tertiary/aromatic N) is 1. The number of hydrogen-bond acceptors (Lipinski definition) is 4. The van der Waals surface area contributed by atoms with E-state index in [1.807, 2.05) is 37.3 Å². The summed E-state index contributed by atoms with van der Waals surface area (Å²) in [7, 11) is 0. The van der Waals surface area contributed by atoms with E-state index in [1.54, 1.807) is 12.1 Å². The summed E-state index contributed by atoms with van der Waals surface area (Å²) in [5.74, 6) is 0.715. The molecule has 4 nitrogen and oxygen atoms in total. The van der Waals surface area contributed by atoms with Crippen molar-refractivity contribution in [1.29, 1.82) is 0 Å². The number of benzene rings is 2. The molecule has 0 aliphatic heterocycles. The molecule has 0 fully saturated rings. The second kappa shape index (κ2) is 7.44. The Morgan fingerprint density at radius 3 is 2.52 bits per heavy atom. The van der Waals surface area contributed by atoms with Crippen LogP contribution in [0.3, 0.4) is 0 Å². The molecule has 0 aliphatic carbocycles. The number of alkyl halides is 2. The molecule has 0 bridgehead atoms. The molecule has 1 unspecified atom stereocenters. The van der Waals surface area contributed by atoms with Gasteiger partial charge in [-0.15, -0.1) is 0 Å². The van der Waals surface area contributed by atoms with Crippen molar-refractivity contribution in [3.8, 4) is 5.75 Å². The lowest BCUT2D eigenvalue weighted by Crippen LogP contribution is -2.10. The molecule has 1 heterocycles. The van der Waals surface area contributed by atoms with Crippen molar-refractivity contribution in [1.82, 2.24) is 4.98 Å². The van der Waals surface area contributed by atoms with Gasteiger partial charge in [-0.2, -0.15) is 8.78 Å². The van der Waals surface area contributed by atoms with E-state index in [0.717, 1.165) is 16.5 Å². The summed E-state index contributed by atoms with van der Waals surface area (Å²) in [6.45, 7) is -1.04. The minimum absolute atomic E-state index is 0.117. The third-order valence-corrected chi connectivity index (χ3v) is 3.93. The molecule has 2 N–H and O–H groups in total. The number of nitrogens with one attached hydrogen (secondary N) is 1. The van der Waals surface area contributed by atoms with Crippen LogP contribution in [0.4, 0.5) is 14.6 Å². The average Bonchev–Trinajstić information content (AvgIpc) is 2.61. The van der Waals surface area contributed by atoms with Crippen molar-refractivity contribution in [3.05, 3.63) is 65.7 Å². The molecule has 1 aromatic heterocycles. The number of fused-ring (bicyclic) bond motifs is 1. The third-order valence-electron chi connectivity index (χ3n) is 3.93. The molecule has 0 spiro atoms. The lowest BCUT2D eigenvalue weighted by molar-refractivity contribution is -0.0498. The van der Waals surface area contributed by atoms with Gasteiger partial charge in [-0.25, -0.2) is 4.98 Å². The Hall–Kier alpha value is -2.73. The van der Waals surface area contributed by atoms with Crippen LogP contribution in [0.25, 0.3) is 10.9 Å². The first-order valence-corrected chi connectivity index (χ1v) is 7.87. The lowest BCUT2D eigenvalue weighted by atomic mass is 10.1. The van der Waals surface area contributed by atoms with Crippen LogP contribution in [0, 0.1) is 0 Å². The molecule has 0 aliphatic rings. The van der Waals surface area contributed by atoms with E-state index in [2.05, 4.69) is 15.0 Å². The SMILES string of the molecule is CC(Nc1nc2ccccc2cc1CO)c1ccc(OC(F)F)cc1. The van der Waals surface area contributed by atoms with Gasteiger partial charge >= 0.3 is 6.61 Å². The summed E-state index contributed by atoms with van der Waals surface area (Å²) < 4.78 is 28.8. The van der Waals surface area contributed by atoms with E-state index in [1.165, 1.54) is 12.1 Å². The third kappa shape index (κ3) is 4.03. The molecule has 3 aromatic rings. The maximum atomic E-state index is 12.2. The van der Waals surface area contributed by atoms with Gasteiger partial charge in [-0.05, 0) is 36.8 Å². The lowest BCUT2D eigenvalue weighted by Gasteiger charge is -2.18. The van der Waals surface area contributed by atoms with Gasteiger partial charge in [0, 0.05) is 17.0 Å². The normalized spacial score (nSPS) is 12.4. The van der Waals surface area contributed by atoms with Crippen molar-refractivity contribution < 1.29 is 18.6 Å². The highest BCUT2D eigenvalue weighted by atomic mass is 19.3. The second-order valence-electron chi connectivity index (χ2n) is 5.66. The Kier molecular flexibility index (Phi) is 5.09. The van der Waals surface area contributed by atoms with Gasteiger partial charge < -0.3 is 15.2 Å². The average molecular weight is 344 g/mol. The Labute approximate surface area is 144 Å². The zero-order valence-electron chi connectivity index (χ0n) is 13.6. The molecule has 0 radical (unpaired) electrons. The highest BCUT2D eigenvalue weighted by Gasteiger charge is 2.12. The second-order valence-corrected chi connectivity index (χ2v) is 5.66. The number of halogens is 2. The number of para-hydroxylation sites is 1.